The summed E-state index contributed by atoms with van der Waals surface area (Å²) in [7, 11) is -3.40. The van der Waals surface area contributed by atoms with E-state index in [0.29, 0.717) is 31.1 Å². The van der Waals surface area contributed by atoms with E-state index < -0.39 is 10.0 Å². The monoisotopic (exact) mass is 394 g/mol. The molecule has 0 atom stereocenters. The zero-order valence-electron chi connectivity index (χ0n) is 12.9. The fraction of sp³-hybridized carbons (Fsp3) is 0.294. The van der Waals surface area contributed by atoms with Crippen LogP contribution in [0, 0.1) is 6.92 Å². The quantitative estimate of drug-likeness (QED) is 0.801. The van der Waals surface area contributed by atoms with E-state index in [1.165, 1.54) is 0 Å². The van der Waals surface area contributed by atoms with E-state index >= 15 is 0 Å². The molecule has 1 aliphatic rings. The number of hydrogen-bond acceptors (Lipinski definition) is 3. The van der Waals surface area contributed by atoms with Crippen LogP contribution in [0.5, 0.6) is 0 Å². The second-order valence-electron chi connectivity index (χ2n) is 5.68. The molecule has 3 rings (SSSR count). The van der Waals surface area contributed by atoms with Crippen molar-refractivity contribution >= 4 is 31.6 Å². The third-order valence-electron chi connectivity index (χ3n) is 4.07. The predicted octanol–water partition coefficient (Wildman–Crippen LogP) is 3.27. The fourth-order valence-electron chi connectivity index (χ4n) is 2.72. The molecule has 23 heavy (non-hydrogen) atoms. The maximum atomic E-state index is 12.7. The Bertz CT molecular complexity index is 782. The smallest absolute Gasteiger partial charge is 0.243 e. The van der Waals surface area contributed by atoms with Crippen LogP contribution < -0.4 is 4.90 Å². The molecule has 0 radical (unpaired) electrons. The van der Waals surface area contributed by atoms with Gasteiger partial charge in [-0.3, -0.25) is 0 Å². The molecule has 2 aromatic carbocycles. The number of sulfonamides is 1. The first kappa shape index (κ1) is 16.5. The van der Waals surface area contributed by atoms with E-state index in [1.54, 1.807) is 16.4 Å². The van der Waals surface area contributed by atoms with Crippen LogP contribution in [0.4, 0.5) is 5.69 Å². The lowest BCUT2D eigenvalue weighted by Gasteiger charge is -2.35. The third-order valence-corrected chi connectivity index (χ3v) is 6.48. The highest BCUT2D eigenvalue weighted by molar-refractivity contribution is 9.10. The normalized spacial score (nSPS) is 16.5. The van der Waals surface area contributed by atoms with Crippen molar-refractivity contribution in [1.82, 2.24) is 4.31 Å². The maximum absolute atomic E-state index is 12.7. The van der Waals surface area contributed by atoms with E-state index in [0.717, 1.165) is 15.7 Å². The van der Waals surface area contributed by atoms with E-state index in [1.807, 2.05) is 31.2 Å². The van der Waals surface area contributed by atoms with E-state index in [4.69, 9.17) is 0 Å². The van der Waals surface area contributed by atoms with Crippen molar-refractivity contribution in [2.45, 2.75) is 11.8 Å². The average Bonchev–Trinajstić information content (AvgIpc) is 2.55. The summed E-state index contributed by atoms with van der Waals surface area (Å²) in [4.78, 5) is 2.59. The number of benzene rings is 2. The Morgan fingerprint density at radius 3 is 2.22 bits per heavy atom. The van der Waals surface area contributed by atoms with Crippen molar-refractivity contribution in [3.63, 3.8) is 0 Å². The molecule has 0 spiro atoms. The van der Waals surface area contributed by atoms with Crippen molar-refractivity contribution in [2.75, 3.05) is 31.1 Å². The fourth-order valence-corrected chi connectivity index (χ4v) is 4.53. The number of nitrogens with zero attached hydrogens (tertiary/aromatic N) is 2. The first-order valence-corrected chi connectivity index (χ1v) is 9.77. The molecule has 0 aromatic heterocycles. The topological polar surface area (TPSA) is 40.6 Å². The molecule has 1 aliphatic heterocycles. The highest BCUT2D eigenvalue weighted by atomic mass is 79.9. The highest BCUT2D eigenvalue weighted by Gasteiger charge is 2.28. The summed E-state index contributed by atoms with van der Waals surface area (Å²) in [6.07, 6.45) is 0. The Morgan fingerprint density at radius 2 is 1.61 bits per heavy atom. The molecular weight excluding hydrogens is 376 g/mol. The van der Waals surface area contributed by atoms with Crippen LogP contribution in [0.1, 0.15) is 5.56 Å². The van der Waals surface area contributed by atoms with Crippen LogP contribution in [0.25, 0.3) is 0 Å². The summed E-state index contributed by atoms with van der Waals surface area (Å²) >= 11 is 3.48. The average molecular weight is 395 g/mol. The number of aryl methyl sites for hydroxylation is 1. The number of rotatable bonds is 3. The van der Waals surface area contributed by atoms with Gasteiger partial charge >= 0.3 is 0 Å². The lowest BCUT2D eigenvalue weighted by atomic mass is 10.2. The van der Waals surface area contributed by atoms with E-state index in [-0.39, 0.29) is 0 Å². The highest BCUT2D eigenvalue weighted by Crippen LogP contribution is 2.23. The minimum atomic E-state index is -3.40. The molecule has 0 unspecified atom stereocenters. The Kier molecular flexibility index (Phi) is 4.75. The predicted molar refractivity (Wildman–Crippen MR) is 96.3 cm³/mol. The first-order valence-electron chi connectivity index (χ1n) is 7.54. The molecule has 0 bridgehead atoms. The molecule has 1 saturated heterocycles. The van der Waals surface area contributed by atoms with Crippen LogP contribution in [-0.4, -0.2) is 38.9 Å². The van der Waals surface area contributed by atoms with Crippen LogP contribution in [0.2, 0.25) is 0 Å². The van der Waals surface area contributed by atoms with Crippen LogP contribution in [0.15, 0.2) is 57.9 Å². The molecular formula is C17H19BrN2O2S. The van der Waals surface area contributed by atoms with Gasteiger partial charge in [-0.1, -0.05) is 39.7 Å². The zero-order valence-corrected chi connectivity index (χ0v) is 15.3. The van der Waals surface area contributed by atoms with Crippen molar-refractivity contribution in [1.29, 1.82) is 0 Å². The first-order chi connectivity index (χ1) is 11.0. The summed E-state index contributed by atoms with van der Waals surface area (Å²) in [6, 6.07) is 15.1. The van der Waals surface area contributed by atoms with E-state index in [2.05, 4.69) is 33.0 Å². The molecule has 0 amide bonds. The Balaban J connectivity index is 1.72. The van der Waals surface area contributed by atoms with Gasteiger partial charge in [-0.15, -0.1) is 0 Å². The Morgan fingerprint density at radius 1 is 0.957 bits per heavy atom. The van der Waals surface area contributed by atoms with Gasteiger partial charge in [0, 0.05) is 36.3 Å². The molecule has 4 nitrogen and oxygen atoms in total. The van der Waals surface area contributed by atoms with Gasteiger partial charge in [0.25, 0.3) is 0 Å². The number of anilines is 1. The second-order valence-corrected chi connectivity index (χ2v) is 8.54. The van der Waals surface area contributed by atoms with Crippen molar-refractivity contribution < 1.29 is 8.42 Å². The van der Waals surface area contributed by atoms with Crippen molar-refractivity contribution in [2.24, 2.45) is 0 Å². The summed E-state index contributed by atoms with van der Waals surface area (Å²) in [5, 5.41) is 0. The van der Waals surface area contributed by atoms with Gasteiger partial charge in [-0.05, 0) is 37.3 Å². The minimum Gasteiger partial charge on any atom is -0.369 e. The number of hydrogen-bond donors (Lipinski definition) is 0. The van der Waals surface area contributed by atoms with Crippen molar-refractivity contribution in [3.05, 3.63) is 58.6 Å². The molecule has 0 N–H and O–H groups in total. The molecule has 1 heterocycles. The SMILES string of the molecule is Cc1ccc(S(=O)(=O)N2CCN(c3cccc(Br)c3)CC2)cc1. The summed E-state index contributed by atoms with van der Waals surface area (Å²) in [5.74, 6) is 0. The molecule has 122 valence electrons. The molecule has 1 fully saturated rings. The molecule has 0 saturated carbocycles. The van der Waals surface area contributed by atoms with Crippen molar-refractivity contribution in [3.8, 4) is 0 Å². The molecule has 6 heteroatoms. The van der Waals surface area contributed by atoms with Gasteiger partial charge in [0.2, 0.25) is 10.0 Å². The lowest BCUT2D eigenvalue weighted by Crippen LogP contribution is -2.48. The minimum absolute atomic E-state index is 0.374. The number of halogens is 1. The standard InChI is InChI=1S/C17H19BrN2O2S/c1-14-5-7-17(8-6-14)23(21,22)20-11-9-19(10-12-20)16-4-2-3-15(18)13-16/h2-8,13H,9-12H2,1H3. The summed E-state index contributed by atoms with van der Waals surface area (Å²) in [6.45, 7) is 4.35. The van der Waals surface area contributed by atoms with Gasteiger partial charge in [-0.2, -0.15) is 4.31 Å². The van der Waals surface area contributed by atoms with Gasteiger partial charge in [0.15, 0.2) is 0 Å². The van der Waals surface area contributed by atoms with E-state index in [9.17, 15) is 8.42 Å². The largest absolute Gasteiger partial charge is 0.369 e. The molecule has 2 aromatic rings. The van der Waals surface area contributed by atoms with Gasteiger partial charge in [-0.25, -0.2) is 8.42 Å². The summed E-state index contributed by atoms with van der Waals surface area (Å²) < 4.78 is 28.0. The van der Waals surface area contributed by atoms with Crippen LogP contribution in [-0.2, 0) is 10.0 Å². The van der Waals surface area contributed by atoms with Crippen LogP contribution >= 0.6 is 15.9 Å². The lowest BCUT2D eigenvalue weighted by molar-refractivity contribution is 0.385. The second kappa shape index (κ2) is 6.63. The third kappa shape index (κ3) is 3.59. The Hall–Kier alpha value is -1.37. The van der Waals surface area contributed by atoms with Crippen LogP contribution in [0.3, 0.4) is 0 Å². The zero-order chi connectivity index (χ0) is 16.4. The molecule has 0 aliphatic carbocycles. The van der Waals surface area contributed by atoms with Gasteiger partial charge in [0.1, 0.15) is 0 Å². The number of piperazine rings is 1. The van der Waals surface area contributed by atoms with Gasteiger partial charge in [0.05, 0.1) is 4.90 Å². The maximum Gasteiger partial charge on any atom is 0.243 e. The Labute approximate surface area is 145 Å². The van der Waals surface area contributed by atoms with Gasteiger partial charge < -0.3 is 4.90 Å². The summed E-state index contributed by atoms with van der Waals surface area (Å²) in [5.41, 5.74) is 2.18.